The van der Waals surface area contributed by atoms with Gasteiger partial charge in [-0.25, -0.2) is 4.79 Å². The maximum Gasteiger partial charge on any atom is 0.349 e. The number of nitrogens with two attached hydrogens (primary N) is 1. The van der Waals surface area contributed by atoms with Crippen LogP contribution in [0.2, 0.25) is 5.02 Å². The molecule has 0 saturated carbocycles. The maximum atomic E-state index is 12.4. The first-order chi connectivity index (χ1) is 18.0. The number of rotatable bonds is 10. The van der Waals surface area contributed by atoms with Crippen molar-refractivity contribution in [3.05, 3.63) is 94.3 Å². The molecule has 0 spiro atoms. The zero-order valence-corrected chi connectivity index (χ0v) is 21.2. The summed E-state index contributed by atoms with van der Waals surface area (Å²) in [6.07, 6.45) is 3.19. The van der Waals surface area contributed by atoms with Crippen LogP contribution in [0.3, 0.4) is 0 Å². The Balaban J connectivity index is 1.52. The predicted octanol–water partition coefficient (Wildman–Crippen LogP) is 6.11. The molecular weight excluding hydrogens is 492 g/mol. The number of hydrogen-bond donors (Lipinski definition) is 1. The van der Waals surface area contributed by atoms with Crippen molar-refractivity contribution in [2.24, 2.45) is 5.73 Å². The number of benzene rings is 3. The van der Waals surface area contributed by atoms with E-state index in [0.29, 0.717) is 28.7 Å². The van der Waals surface area contributed by atoms with E-state index in [9.17, 15) is 10.1 Å². The predicted molar refractivity (Wildman–Crippen MR) is 140 cm³/mol. The van der Waals surface area contributed by atoms with Gasteiger partial charge in [-0.1, -0.05) is 61.7 Å². The van der Waals surface area contributed by atoms with Crippen LogP contribution in [0.25, 0.3) is 0 Å². The quantitative estimate of drug-likeness (QED) is 0.196. The first-order valence-corrected chi connectivity index (χ1v) is 12.4. The SMILES string of the molecule is CCCCCOc1cccc(C2C(C#N)=C(N)Oc3cc(OC(=O)COc4ccccc4Cl)ccc32)c1. The summed E-state index contributed by atoms with van der Waals surface area (Å²) < 4.78 is 22.5. The van der Waals surface area contributed by atoms with Crippen molar-refractivity contribution in [2.45, 2.75) is 32.1 Å². The lowest BCUT2D eigenvalue weighted by atomic mass is 9.83. The molecule has 1 aliphatic rings. The van der Waals surface area contributed by atoms with Gasteiger partial charge in [0.05, 0.1) is 17.5 Å². The van der Waals surface area contributed by atoms with Gasteiger partial charge in [-0.05, 0) is 42.3 Å². The molecule has 4 rings (SSSR count). The van der Waals surface area contributed by atoms with Crippen LogP contribution in [0.1, 0.15) is 43.2 Å². The minimum atomic E-state index is -0.610. The molecule has 1 heterocycles. The van der Waals surface area contributed by atoms with E-state index in [0.717, 1.165) is 36.1 Å². The second-order valence-corrected chi connectivity index (χ2v) is 8.85. The van der Waals surface area contributed by atoms with Gasteiger partial charge in [-0.2, -0.15) is 5.26 Å². The maximum absolute atomic E-state index is 12.4. The molecule has 0 bridgehead atoms. The van der Waals surface area contributed by atoms with Crippen molar-refractivity contribution in [1.82, 2.24) is 0 Å². The molecule has 37 heavy (non-hydrogen) atoms. The molecule has 7 nitrogen and oxygen atoms in total. The Bertz CT molecular complexity index is 1350. The van der Waals surface area contributed by atoms with Gasteiger partial charge in [0.2, 0.25) is 5.88 Å². The highest BCUT2D eigenvalue weighted by Crippen LogP contribution is 2.44. The van der Waals surface area contributed by atoms with E-state index in [2.05, 4.69) is 13.0 Å². The van der Waals surface area contributed by atoms with Crippen LogP contribution in [0.15, 0.2) is 78.2 Å². The van der Waals surface area contributed by atoms with Gasteiger partial charge in [0.15, 0.2) is 6.61 Å². The number of hydrogen-bond acceptors (Lipinski definition) is 7. The van der Waals surface area contributed by atoms with E-state index < -0.39 is 11.9 Å². The average molecular weight is 519 g/mol. The van der Waals surface area contributed by atoms with Gasteiger partial charge < -0.3 is 24.7 Å². The topological polar surface area (TPSA) is 104 Å². The summed E-state index contributed by atoms with van der Waals surface area (Å²) in [6.45, 7) is 2.44. The highest BCUT2D eigenvalue weighted by molar-refractivity contribution is 6.32. The standard InChI is InChI=1S/C29H27ClN2O5/c1-2-3-6-14-34-20-9-7-8-19(15-20)28-22-13-12-21(16-26(22)37-29(32)23(28)17-31)36-27(33)18-35-25-11-5-4-10-24(25)30/h4-5,7-13,15-16,28H,2-3,6,14,18,32H2,1H3. The first kappa shape index (κ1) is 25.9. The molecule has 1 aliphatic heterocycles. The molecule has 0 aliphatic carbocycles. The van der Waals surface area contributed by atoms with E-state index in [4.69, 9.17) is 36.3 Å². The third-order valence-corrected chi connectivity index (χ3v) is 6.12. The normalized spacial score (nSPS) is 14.2. The fraction of sp³-hybridized carbons (Fsp3) is 0.241. The van der Waals surface area contributed by atoms with Gasteiger partial charge in [0.25, 0.3) is 0 Å². The van der Waals surface area contributed by atoms with Crippen molar-refractivity contribution in [3.8, 4) is 29.1 Å². The van der Waals surface area contributed by atoms with E-state index in [1.54, 1.807) is 42.5 Å². The molecule has 8 heteroatoms. The molecule has 190 valence electrons. The molecule has 1 unspecified atom stereocenters. The summed E-state index contributed by atoms with van der Waals surface area (Å²) >= 11 is 6.06. The summed E-state index contributed by atoms with van der Waals surface area (Å²) in [5.41, 5.74) is 7.99. The number of carbonyl (C=O) groups excluding carboxylic acids is 1. The number of ether oxygens (including phenoxy) is 4. The summed E-state index contributed by atoms with van der Waals surface area (Å²) in [5.74, 6) is 0.694. The summed E-state index contributed by atoms with van der Waals surface area (Å²) in [4.78, 5) is 12.4. The van der Waals surface area contributed by atoms with Crippen LogP contribution in [-0.2, 0) is 4.79 Å². The van der Waals surface area contributed by atoms with Gasteiger partial charge >= 0.3 is 5.97 Å². The fourth-order valence-electron chi connectivity index (χ4n) is 4.03. The molecule has 0 aromatic heterocycles. The number of unbranched alkanes of at least 4 members (excludes halogenated alkanes) is 2. The van der Waals surface area contributed by atoms with Crippen molar-refractivity contribution < 1.29 is 23.7 Å². The van der Waals surface area contributed by atoms with E-state index in [1.807, 2.05) is 24.3 Å². The van der Waals surface area contributed by atoms with Crippen molar-refractivity contribution >= 4 is 17.6 Å². The number of fused-ring (bicyclic) bond motifs is 1. The van der Waals surface area contributed by atoms with Crippen LogP contribution in [-0.4, -0.2) is 19.2 Å². The molecule has 0 saturated heterocycles. The lowest BCUT2D eigenvalue weighted by Gasteiger charge is -2.27. The van der Waals surface area contributed by atoms with Crippen LogP contribution in [0.4, 0.5) is 0 Å². The molecule has 0 radical (unpaired) electrons. The first-order valence-electron chi connectivity index (χ1n) is 12.0. The summed E-state index contributed by atoms with van der Waals surface area (Å²) in [7, 11) is 0. The third kappa shape index (κ3) is 6.35. The lowest BCUT2D eigenvalue weighted by Crippen LogP contribution is -2.21. The number of halogens is 1. The Kier molecular flexibility index (Phi) is 8.55. The van der Waals surface area contributed by atoms with Gasteiger partial charge in [-0.15, -0.1) is 0 Å². The zero-order valence-electron chi connectivity index (χ0n) is 20.4. The van der Waals surface area contributed by atoms with Gasteiger partial charge in [0, 0.05) is 11.6 Å². The van der Waals surface area contributed by atoms with Crippen molar-refractivity contribution in [2.75, 3.05) is 13.2 Å². The third-order valence-electron chi connectivity index (χ3n) is 5.81. The second-order valence-electron chi connectivity index (χ2n) is 8.45. The lowest BCUT2D eigenvalue weighted by molar-refractivity contribution is -0.136. The molecule has 2 N–H and O–H groups in total. The van der Waals surface area contributed by atoms with Crippen LogP contribution in [0, 0.1) is 11.3 Å². The Morgan fingerprint density at radius 1 is 1.05 bits per heavy atom. The van der Waals surface area contributed by atoms with E-state index >= 15 is 0 Å². The Labute approximate surface area is 221 Å². The monoisotopic (exact) mass is 518 g/mol. The second kappa shape index (κ2) is 12.2. The minimum Gasteiger partial charge on any atom is -0.494 e. The molecular formula is C29H27ClN2O5. The molecule has 1 atom stereocenters. The Morgan fingerprint density at radius 3 is 2.68 bits per heavy atom. The van der Waals surface area contributed by atoms with Crippen molar-refractivity contribution in [3.63, 3.8) is 0 Å². The van der Waals surface area contributed by atoms with Crippen LogP contribution in [0.5, 0.6) is 23.0 Å². The summed E-state index contributed by atoms with van der Waals surface area (Å²) in [5, 5.41) is 10.2. The molecule has 0 amide bonds. The van der Waals surface area contributed by atoms with Crippen LogP contribution < -0.4 is 24.7 Å². The van der Waals surface area contributed by atoms with Gasteiger partial charge in [-0.3, -0.25) is 0 Å². The minimum absolute atomic E-state index is 0.000188. The highest BCUT2D eigenvalue weighted by Gasteiger charge is 2.31. The number of carbonyl (C=O) groups is 1. The van der Waals surface area contributed by atoms with Gasteiger partial charge in [0.1, 0.15) is 34.6 Å². The zero-order chi connectivity index (χ0) is 26.2. The number of para-hydroxylation sites is 1. The smallest absolute Gasteiger partial charge is 0.349 e. The number of nitriles is 1. The Morgan fingerprint density at radius 2 is 1.89 bits per heavy atom. The molecule has 3 aromatic rings. The summed E-state index contributed by atoms with van der Waals surface area (Å²) in [6, 6.07) is 21.6. The molecule has 0 fully saturated rings. The molecule has 3 aromatic carbocycles. The fourth-order valence-corrected chi connectivity index (χ4v) is 4.22. The average Bonchev–Trinajstić information content (AvgIpc) is 2.90. The van der Waals surface area contributed by atoms with Crippen molar-refractivity contribution in [1.29, 1.82) is 5.26 Å². The Hall–Kier alpha value is -4.15. The van der Waals surface area contributed by atoms with E-state index in [-0.39, 0.29) is 18.2 Å². The van der Waals surface area contributed by atoms with E-state index in [1.165, 1.54) is 0 Å². The largest absolute Gasteiger partial charge is 0.494 e. The number of allylic oxidation sites excluding steroid dienone is 1. The number of esters is 1. The van der Waals surface area contributed by atoms with Crippen LogP contribution >= 0.6 is 11.6 Å². The number of nitrogens with zero attached hydrogens (tertiary/aromatic N) is 1. The highest BCUT2D eigenvalue weighted by atomic mass is 35.5.